The van der Waals surface area contributed by atoms with Crippen molar-refractivity contribution in [2.24, 2.45) is 0 Å². The maximum absolute atomic E-state index is 6.05. The lowest BCUT2D eigenvalue weighted by Crippen LogP contribution is -2.45. The van der Waals surface area contributed by atoms with Gasteiger partial charge in [-0.2, -0.15) is 0 Å². The van der Waals surface area contributed by atoms with Gasteiger partial charge in [-0.1, -0.05) is 67.7 Å². The molecule has 0 amide bonds. The maximum atomic E-state index is 6.05. The molecule has 2 N–H and O–H groups in total. The third-order valence-corrected chi connectivity index (χ3v) is 15.9. The second-order valence-corrected chi connectivity index (χ2v) is 21.2. The van der Waals surface area contributed by atoms with Gasteiger partial charge >= 0.3 is 0 Å². The molecule has 29 heavy (non-hydrogen) atoms. The summed E-state index contributed by atoms with van der Waals surface area (Å²) in [7, 11) is -3.14. The predicted molar refractivity (Wildman–Crippen MR) is 135 cm³/mol. The molecule has 0 atom stereocenters. The lowest BCUT2D eigenvalue weighted by Gasteiger charge is -2.38. The van der Waals surface area contributed by atoms with Crippen molar-refractivity contribution in [1.29, 1.82) is 0 Å². The Morgan fingerprint density at radius 3 is 1.07 bits per heavy atom. The highest BCUT2D eigenvalue weighted by atomic mass is 28.3. The van der Waals surface area contributed by atoms with Crippen molar-refractivity contribution in [3.8, 4) is 11.5 Å². The highest BCUT2D eigenvalue weighted by Gasteiger charge is 2.36. The van der Waals surface area contributed by atoms with Gasteiger partial charge in [-0.3, -0.25) is 0 Å². The molecule has 0 heterocycles. The van der Waals surface area contributed by atoms with Gasteiger partial charge in [-0.25, -0.2) is 0 Å². The van der Waals surface area contributed by atoms with E-state index in [-0.39, 0.29) is 0 Å². The fourth-order valence-electron chi connectivity index (χ4n) is 2.45. The number of nitrogens with one attached hydrogen (secondary N) is 2. The first kappa shape index (κ1) is 23.6. The highest BCUT2D eigenvalue weighted by molar-refractivity contribution is 6.83. The molecule has 0 aliphatic heterocycles. The van der Waals surface area contributed by atoms with Gasteiger partial charge in [-0.15, -0.1) is 0 Å². The van der Waals surface area contributed by atoms with Gasteiger partial charge < -0.3 is 14.7 Å². The van der Waals surface area contributed by atoms with Crippen LogP contribution in [-0.2, 0) is 0 Å². The monoisotopic (exact) mass is 428 g/mol. The minimum absolute atomic E-state index is 0.294. The lowest BCUT2D eigenvalue weighted by molar-refractivity contribution is 0.483. The minimum atomic E-state index is -1.57. The summed E-state index contributed by atoms with van der Waals surface area (Å²) in [6.45, 7) is 23.4. The van der Waals surface area contributed by atoms with Crippen LogP contribution in [0.1, 0.15) is 41.5 Å². The average molecular weight is 429 g/mol. The van der Waals surface area contributed by atoms with E-state index in [1.807, 2.05) is 24.3 Å². The molecule has 0 aliphatic rings. The molecular weight excluding hydrogens is 388 g/mol. The number of rotatable bonds is 6. The van der Waals surface area contributed by atoms with E-state index in [2.05, 4.69) is 102 Å². The van der Waals surface area contributed by atoms with Gasteiger partial charge in [0.15, 0.2) is 16.5 Å². The molecule has 2 aromatic carbocycles. The van der Waals surface area contributed by atoms with E-state index in [9.17, 15) is 0 Å². The first-order valence-corrected chi connectivity index (χ1v) is 16.6. The van der Waals surface area contributed by atoms with Crippen LogP contribution >= 0.6 is 0 Å². The molecule has 0 aromatic heterocycles. The first-order chi connectivity index (χ1) is 13.1. The summed E-state index contributed by atoms with van der Waals surface area (Å²) in [6, 6.07) is 16.6. The van der Waals surface area contributed by atoms with Crippen molar-refractivity contribution in [2.75, 3.05) is 9.96 Å². The van der Waals surface area contributed by atoms with Gasteiger partial charge in [0.1, 0.15) is 11.5 Å². The average Bonchev–Trinajstić information content (AvgIpc) is 2.56. The molecule has 0 radical (unpaired) electrons. The summed E-state index contributed by atoms with van der Waals surface area (Å²) in [5.41, 5.74) is 2.33. The summed E-state index contributed by atoms with van der Waals surface area (Å²) in [5, 5.41) is 0.588. The summed E-state index contributed by atoms with van der Waals surface area (Å²) < 4.78 is 6.05. The van der Waals surface area contributed by atoms with E-state index >= 15 is 0 Å². The van der Waals surface area contributed by atoms with Crippen LogP contribution in [-0.4, -0.2) is 16.5 Å². The third-order valence-electron chi connectivity index (χ3n) is 6.61. The van der Waals surface area contributed by atoms with Crippen LogP contribution in [0.2, 0.25) is 36.3 Å². The molecule has 0 bridgehead atoms. The van der Waals surface area contributed by atoms with Gasteiger partial charge in [0.25, 0.3) is 0 Å². The summed E-state index contributed by atoms with van der Waals surface area (Å²) in [4.78, 5) is 7.54. The fourth-order valence-corrected chi connectivity index (χ4v) is 4.97. The van der Waals surface area contributed by atoms with Gasteiger partial charge in [0.05, 0.1) is 0 Å². The van der Waals surface area contributed by atoms with Crippen LogP contribution < -0.4 is 14.7 Å². The quantitative estimate of drug-likeness (QED) is 0.454. The van der Waals surface area contributed by atoms with Gasteiger partial charge in [-0.05, 0) is 58.6 Å². The SMILES string of the molecule is CC(C)(C)[Si](C)(C)Nc1ccc(Oc2ccc(N[Si](C)(C)C(C)(C)C)cc2)cc1. The largest absolute Gasteiger partial charge is 0.457 e. The lowest BCUT2D eigenvalue weighted by atomic mass is 10.2. The van der Waals surface area contributed by atoms with Crippen LogP contribution in [0.15, 0.2) is 48.5 Å². The Morgan fingerprint density at radius 2 is 0.828 bits per heavy atom. The molecule has 160 valence electrons. The Bertz CT molecular complexity index is 729. The van der Waals surface area contributed by atoms with E-state index in [0.29, 0.717) is 10.1 Å². The van der Waals surface area contributed by atoms with Crippen LogP contribution in [0.3, 0.4) is 0 Å². The Hall–Kier alpha value is -1.73. The number of hydrogen-bond donors (Lipinski definition) is 2. The first-order valence-electron chi connectivity index (χ1n) is 10.6. The Morgan fingerprint density at radius 1 is 0.552 bits per heavy atom. The standard InChI is InChI=1S/C24H40N2OSi2/c1-23(2,3)28(7,8)25-19-11-15-21(16-12-19)27-22-17-13-20(14-18-22)26-29(9,10)24(4,5)6/h11-18,25-26H,1-10H3. The zero-order chi connectivity index (χ0) is 22.1. The van der Waals surface area contributed by atoms with Crippen molar-refractivity contribution < 1.29 is 4.74 Å². The molecule has 0 aliphatic carbocycles. The zero-order valence-corrected chi connectivity index (χ0v) is 22.0. The van der Waals surface area contributed by atoms with Gasteiger partial charge in [0.2, 0.25) is 0 Å². The number of ether oxygens (including phenoxy) is 1. The second kappa shape index (κ2) is 8.19. The van der Waals surface area contributed by atoms with E-state index in [0.717, 1.165) is 22.9 Å². The van der Waals surface area contributed by atoms with E-state index in [1.54, 1.807) is 0 Å². The predicted octanol–water partition coefficient (Wildman–Crippen LogP) is 8.31. The van der Waals surface area contributed by atoms with Gasteiger partial charge in [0, 0.05) is 11.4 Å². The maximum Gasteiger partial charge on any atom is 0.152 e. The second-order valence-electron chi connectivity index (χ2n) is 11.2. The molecule has 5 heteroatoms. The van der Waals surface area contributed by atoms with Crippen LogP contribution in [0.4, 0.5) is 11.4 Å². The topological polar surface area (TPSA) is 33.3 Å². The zero-order valence-electron chi connectivity index (χ0n) is 20.0. The van der Waals surface area contributed by atoms with E-state index in [4.69, 9.17) is 4.74 Å². The van der Waals surface area contributed by atoms with Crippen LogP contribution in [0, 0.1) is 0 Å². The van der Waals surface area contributed by atoms with E-state index < -0.39 is 16.5 Å². The number of benzene rings is 2. The summed E-state index contributed by atoms with van der Waals surface area (Å²) in [5.74, 6) is 1.71. The van der Waals surface area contributed by atoms with Crippen molar-refractivity contribution >= 4 is 27.8 Å². The summed E-state index contributed by atoms with van der Waals surface area (Å²) in [6.07, 6.45) is 0. The molecule has 0 unspecified atom stereocenters. The minimum Gasteiger partial charge on any atom is -0.457 e. The smallest absolute Gasteiger partial charge is 0.152 e. The van der Waals surface area contributed by atoms with Crippen molar-refractivity contribution in [2.45, 2.75) is 77.8 Å². The Balaban J connectivity index is 2.02. The molecule has 2 rings (SSSR count). The van der Waals surface area contributed by atoms with E-state index in [1.165, 1.54) is 0 Å². The van der Waals surface area contributed by atoms with Crippen molar-refractivity contribution in [3.05, 3.63) is 48.5 Å². The van der Waals surface area contributed by atoms with Crippen LogP contribution in [0.25, 0.3) is 0 Å². The summed E-state index contributed by atoms with van der Waals surface area (Å²) >= 11 is 0. The Labute approximate surface area is 180 Å². The van der Waals surface area contributed by atoms with Crippen molar-refractivity contribution in [3.63, 3.8) is 0 Å². The normalized spacial score (nSPS) is 13.2. The molecule has 0 spiro atoms. The molecule has 0 fully saturated rings. The number of anilines is 2. The molecule has 0 saturated heterocycles. The molecule has 0 saturated carbocycles. The molecule has 2 aromatic rings. The van der Waals surface area contributed by atoms with Crippen molar-refractivity contribution in [1.82, 2.24) is 0 Å². The van der Waals surface area contributed by atoms with Crippen LogP contribution in [0.5, 0.6) is 11.5 Å². The molecule has 3 nitrogen and oxygen atoms in total. The molecular formula is C24H40N2OSi2. The third kappa shape index (κ3) is 6.13. The number of hydrogen-bond acceptors (Lipinski definition) is 3. The fraction of sp³-hybridized carbons (Fsp3) is 0.500. The highest BCUT2D eigenvalue weighted by Crippen LogP contribution is 2.38. The Kier molecular flexibility index (Phi) is 6.65.